The van der Waals surface area contributed by atoms with Gasteiger partial charge in [-0.2, -0.15) is 4.39 Å². The first kappa shape index (κ1) is 19.1. The average Bonchev–Trinajstić information content (AvgIpc) is 2.74. The third kappa shape index (κ3) is 4.01. The lowest BCUT2D eigenvalue weighted by molar-refractivity contribution is 0.0600. The molecule has 0 unspecified atom stereocenters. The van der Waals surface area contributed by atoms with Crippen LogP contribution in [0.3, 0.4) is 0 Å². The molecule has 0 heterocycles. The molecule has 0 N–H and O–H groups in total. The van der Waals surface area contributed by atoms with Gasteiger partial charge in [-0.05, 0) is 42.0 Å². The van der Waals surface area contributed by atoms with Crippen LogP contribution in [0.4, 0.5) is 4.39 Å². The van der Waals surface area contributed by atoms with Gasteiger partial charge in [0.25, 0.3) is 0 Å². The van der Waals surface area contributed by atoms with Crippen molar-refractivity contribution in [3.05, 3.63) is 102 Å². The molecule has 0 saturated heterocycles. The highest BCUT2D eigenvalue weighted by Crippen LogP contribution is 2.60. The maximum atomic E-state index is 15.5. The zero-order chi connectivity index (χ0) is 19.3. The van der Waals surface area contributed by atoms with Gasteiger partial charge in [0.05, 0.1) is 30.4 Å². The van der Waals surface area contributed by atoms with E-state index < -0.39 is 13.1 Å². The predicted octanol–water partition coefficient (Wildman–Crippen LogP) is 4.49. The Morgan fingerprint density at radius 1 is 0.889 bits per heavy atom. The second-order valence-electron chi connectivity index (χ2n) is 5.97. The lowest BCUT2D eigenvalue weighted by Gasteiger charge is -2.21. The van der Waals surface area contributed by atoms with Gasteiger partial charge in [0.1, 0.15) is 0 Å². The molecule has 0 bridgehead atoms. The quantitative estimate of drug-likeness (QED) is 0.373. The van der Waals surface area contributed by atoms with Crippen molar-refractivity contribution in [2.45, 2.75) is 0 Å². The molecule has 132 valence electrons. The summed E-state index contributed by atoms with van der Waals surface area (Å²) in [6.07, 6.45) is 1.44. The Morgan fingerprint density at radius 2 is 1.37 bits per heavy atom. The van der Waals surface area contributed by atoms with Gasteiger partial charge < -0.3 is 4.74 Å². The van der Waals surface area contributed by atoms with E-state index in [2.05, 4.69) is 4.74 Å². The van der Waals surface area contributed by atoms with E-state index in [4.69, 9.17) is 7.57 Å². The third-order valence-corrected chi connectivity index (χ3v) is 7.31. The number of halogens is 1. The number of ether oxygens (including phenoxy) is 1. The SMILES string of the molecule is [B][P+](/C(F)=C/c1ccc(C(=O)OC)cc1)(c1ccccc1)c1ccccc1. The molecular formula is C22H18BFO2P+. The van der Waals surface area contributed by atoms with E-state index in [1.165, 1.54) is 13.2 Å². The largest absolute Gasteiger partial charge is 0.465 e. The molecule has 0 atom stereocenters. The number of hydrogen-bond donors (Lipinski definition) is 0. The second kappa shape index (κ2) is 8.32. The van der Waals surface area contributed by atoms with Crippen molar-refractivity contribution < 1.29 is 13.9 Å². The van der Waals surface area contributed by atoms with Gasteiger partial charge in [-0.1, -0.05) is 48.5 Å². The minimum absolute atomic E-state index is 0.384. The van der Waals surface area contributed by atoms with Crippen molar-refractivity contribution in [1.82, 2.24) is 0 Å². The molecule has 0 aliphatic carbocycles. The fraction of sp³-hybridized carbons (Fsp3) is 0.0455. The molecule has 27 heavy (non-hydrogen) atoms. The molecule has 3 aromatic carbocycles. The van der Waals surface area contributed by atoms with Gasteiger partial charge >= 0.3 is 13.5 Å². The maximum Gasteiger partial charge on any atom is 0.386 e. The summed E-state index contributed by atoms with van der Waals surface area (Å²) in [6, 6.07) is 25.2. The summed E-state index contributed by atoms with van der Waals surface area (Å²) in [4.78, 5) is 11.5. The molecule has 0 spiro atoms. The number of rotatable bonds is 5. The van der Waals surface area contributed by atoms with E-state index in [9.17, 15) is 4.79 Å². The molecular weight excluding hydrogens is 357 g/mol. The molecule has 0 aromatic heterocycles. The molecule has 0 amide bonds. The zero-order valence-electron chi connectivity index (χ0n) is 14.9. The van der Waals surface area contributed by atoms with Gasteiger partial charge in [-0.25, -0.2) is 4.79 Å². The summed E-state index contributed by atoms with van der Waals surface area (Å²) in [5, 5.41) is 1.52. The normalized spacial score (nSPS) is 11.9. The van der Waals surface area contributed by atoms with Crippen LogP contribution < -0.4 is 10.6 Å². The minimum atomic E-state index is -2.86. The molecule has 2 radical (unpaired) electrons. The van der Waals surface area contributed by atoms with Crippen molar-refractivity contribution in [2.75, 3.05) is 7.11 Å². The van der Waals surface area contributed by atoms with Gasteiger partial charge in [-0.15, -0.1) is 0 Å². The average molecular weight is 375 g/mol. The van der Waals surface area contributed by atoms with Crippen LogP contribution in [-0.4, -0.2) is 20.6 Å². The fourth-order valence-corrected chi connectivity index (χ4v) is 5.22. The summed E-state index contributed by atoms with van der Waals surface area (Å²) in [6.45, 7) is 0. The van der Waals surface area contributed by atoms with Crippen LogP contribution in [0.25, 0.3) is 6.08 Å². The smallest absolute Gasteiger partial charge is 0.386 e. The number of benzene rings is 3. The topological polar surface area (TPSA) is 26.3 Å². The molecule has 0 aliphatic heterocycles. The highest BCUT2D eigenvalue weighted by Gasteiger charge is 2.43. The first-order valence-electron chi connectivity index (χ1n) is 8.40. The summed E-state index contributed by atoms with van der Waals surface area (Å²) in [7, 11) is 5.18. The Balaban J connectivity index is 2.05. The van der Waals surface area contributed by atoms with E-state index in [0.29, 0.717) is 11.1 Å². The lowest BCUT2D eigenvalue weighted by Crippen LogP contribution is -2.22. The lowest BCUT2D eigenvalue weighted by atomic mass is 10.1. The third-order valence-electron chi connectivity index (χ3n) is 4.28. The van der Waals surface area contributed by atoms with E-state index in [1.54, 1.807) is 24.3 Å². The first-order valence-corrected chi connectivity index (χ1v) is 10.3. The van der Waals surface area contributed by atoms with Gasteiger partial charge in [0.2, 0.25) is 5.57 Å². The van der Waals surface area contributed by atoms with Gasteiger partial charge in [0, 0.05) is 6.08 Å². The van der Waals surface area contributed by atoms with Crippen LogP contribution >= 0.6 is 7.14 Å². The number of carbonyl (C=O) groups is 1. The molecule has 0 saturated carbocycles. The molecule has 0 fully saturated rings. The van der Waals surface area contributed by atoms with Crippen molar-refractivity contribution in [3.8, 4) is 0 Å². The van der Waals surface area contributed by atoms with Crippen LogP contribution in [-0.2, 0) is 4.74 Å². The van der Waals surface area contributed by atoms with Crippen LogP contribution in [0.1, 0.15) is 15.9 Å². The van der Waals surface area contributed by atoms with E-state index in [1.807, 2.05) is 60.7 Å². The van der Waals surface area contributed by atoms with Crippen LogP contribution in [0.5, 0.6) is 0 Å². The Morgan fingerprint density at radius 3 is 1.81 bits per heavy atom. The van der Waals surface area contributed by atoms with E-state index in [0.717, 1.165) is 10.6 Å². The monoisotopic (exact) mass is 375 g/mol. The first-order chi connectivity index (χ1) is 13.1. The number of methoxy groups -OCH3 is 1. The molecule has 3 aromatic rings. The van der Waals surface area contributed by atoms with Crippen LogP contribution in [0.2, 0.25) is 0 Å². The standard InChI is InChI=1S/C22H18BFO2P/c1-26-22(25)18-14-12-17(13-15-18)16-21(24)27(23,19-8-4-2-5-9-19)20-10-6-3-7-11-20/h2-16H,1H3/q+1/b21-16+. The number of hydrogen-bond acceptors (Lipinski definition) is 2. The minimum Gasteiger partial charge on any atom is -0.465 e. The van der Waals surface area contributed by atoms with Crippen LogP contribution in [0, 0.1) is 0 Å². The highest BCUT2D eigenvalue weighted by atomic mass is 31.2. The van der Waals surface area contributed by atoms with Gasteiger partial charge in [-0.3, -0.25) is 0 Å². The zero-order valence-corrected chi connectivity index (χ0v) is 15.8. The fourth-order valence-electron chi connectivity index (χ4n) is 2.79. The summed E-state index contributed by atoms with van der Waals surface area (Å²) in [5.74, 6) is -0.430. The second-order valence-corrected chi connectivity index (χ2v) is 8.88. The molecule has 0 aliphatic rings. The summed E-state index contributed by atoms with van der Waals surface area (Å²) >= 11 is 0. The summed E-state index contributed by atoms with van der Waals surface area (Å²) < 4.78 is 20.2. The Hall–Kier alpha value is -2.71. The molecule has 2 nitrogen and oxygen atoms in total. The van der Waals surface area contributed by atoms with Crippen molar-refractivity contribution in [3.63, 3.8) is 0 Å². The Labute approximate surface area is 160 Å². The van der Waals surface area contributed by atoms with Crippen molar-refractivity contribution in [1.29, 1.82) is 0 Å². The van der Waals surface area contributed by atoms with Crippen molar-refractivity contribution in [2.24, 2.45) is 0 Å². The van der Waals surface area contributed by atoms with E-state index in [-0.39, 0.29) is 5.57 Å². The highest BCUT2D eigenvalue weighted by molar-refractivity contribution is 8.11. The Kier molecular flexibility index (Phi) is 5.88. The Bertz CT molecular complexity index is 902. The molecule has 5 heteroatoms. The van der Waals surface area contributed by atoms with E-state index >= 15 is 4.39 Å². The predicted molar refractivity (Wildman–Crippen MR) is 112 cm³/mol. The van der Waals surface area contributed by atoms with Crippen molar-refractivity contribution >= 4 is 37.4 Å². The maximum absolute atomic E-state index is 15.5. The number of carbonyl (C=O) groups excluding carboxylic acids is 1. The molecule has 3 rings (SSSR count). The van der Waals surface area contributed by atoms with Gasteiger partial charge in [0.15, 0.2) is 0 Å². The summed E-state index contributed by atoms with van der Waals surface area (Å²) in [5.41, 5.74) is 0.655. The number of esters is 1. The van der Waals surface area contributed by atoms with Crippen LogP contribution in [0.15, 0.2) is 90.5 Å².